The van der Waals surface area contributed by atoms with Crippen molar-refractivity contribution in [1.82, 2.24) is 19.5 Å². The number of benzene rings is 8. The Morgan fingerprint density at radius 3 is 1.82 bits per heavy atom. The fourth-order valence-electron chi connectivity index (χ4n) is 8.44. The summed E-state index contributed by atoms with van der Waals surface area (Å²) in [5, 5.41) is 6.52. The number of hydrogen-bond acceptors (Lipinski definition) is 5. The van der Waals surface area contributed by atoms with Crippen LogP contribution in [-0.2, 0) is 0 Å². The fourth-order valence-corrected chi connectivity index (χ4v) is 8.44. The predicted octanol–water partition coefficient (Wildman–Crippen LogP) is 13.4. The molecule has 57 heavy (non-hydrogen) atoms. The summed E-state index contributed by atoms with van der Waals surface area (Å²) in [6.45, 7) is 0. The maximum Gasteiger partial charge on any atom is 0.166 e. The first-order valence-electron chi connectivity index (χ1n) is 19.0. The van der Waals surface area contributed by atoms with Gasteiger partial charge >= 0.3 is 0 Å². The Morgan fingerprint density at radius 2 is 0.982 bits per heavy atom. The van der Waals surface area contributed by atoms with E-state index in [2.05, 4.69) is 126 Å². The van der Waals surface area contributed by atoms with Crippen LogP contribution in [0.25, 0.3) is 117 Å². The lowest BCUT2D eigenvalue weighted by Crippen LogP contribution is -2.02. The van der Waals surface area contributed by atoms with E-state index in [9.17, 15) is 0 Å². The van der Waals surface area contributed by atoms with E-state index >= 15 is 0 Å². The number of fused-ring (bicyclic) bond motifs is 9. The maximum atomic E-state index is 6.59. The van der Waals surface area contributed by atoms with Crippen molar-refractivity contribution in [2.45, 2.75) is 0 Å². The highest BCUT2D eigenvalue weighted by Crippen LogP contribution is 2.41. The van der Waals surface area contributed by atoms with Crippen LogP contribution in [0.3, 0.4) is 0 Å². The van der Waals surface area contributed by atoms with E-state index in [-0.39, 0.29) is 0 Å². The summed E-state index contributed by atoms with van der Waals surface area (Å²) in [7, 11) is 0. The maximum absolute atomic E-state index is 6.59. The second kappa shape index (κ2) is 12.3. The highest BCUT2D eigenvalue weighted by Gasteiger charge is 2.21. The Labute approximate surface area is 325 Å². The molecule has 8 aromatic carbocycles. The van der Waals surface area contributed by atoms with Crippen LogP contribution in [0.15, 0.2) is 191 Å². The molecule has 0 unspecified atom stereocenters. The van der Waals surface area contributed by atoms with Gasteiger partial charge in [0.15, 0.2) is 17.5 Å². The van der Waals surface area contributed by atoms with Gasteiger partial charge < -0.3 is 13.4 Å². The standard InChI is InChI=1S/C51H30N4O2/c1-3-13-31(14-4-1)35-19-11-21-40-42-30-34(26-28-45(42)57-48(35)40)55-43-23-9-7-17-36(43)39-20-12-22-41(47(39)55)51-53-49(32-15-5-2-6-16-32)52-50(54-51)33-25-27-38-37-18-8-10-24-44(37)56-46(38)29-33/h1-30H. The highest BCUT2D eigenvalue weighted by atomic mass is 16.3. The molecule has 0 spiro atoms. The lowest BCUT2D eigenvalue weighted by atomic mass is 10.0. The lowest BCUT2D eigenvalue weighted by Gasteiger charge is -2.13. The van der Waals surface area contributed by atoms with Crippen LogP contribution in [0.4, 0.5) is 0 Å². The van der Waals surface area contributed by atoms with Crippen LogP contribution in [0, 0.1) is 0 Å². The average Bonchev–Trinajstić information content (AvgIpc) is 3.96. The van der Waals surface area contributed by atoms with E-state index < -0.39 is 0 Å². The summed E-state index contributed by atoms with van der Waals surface area (Å²) in [6.07, 6.45) is 0. The number of aromatic nitrogens is 4. The van der Waals surface area contributed by atoms with Gasteiger partial charge in [-0.3, -0.25) is 0 Å². The van der Waals surface area contributed by atoms with E-state index in [0.29, 0.717) is 17.5 Å². The molecule has 0 radical (unpaired) electrons. The summed E-state index contributed by atoms with van der Waals surface area (Å²) < 4.78 is 15.2. The van der Waals surface area contributed by atoms with Gasteiger partial charge in [-0.1, -0.05) is 133 Å². The van der Waals surface area contributed by atoms with Crippen molar-refractivity contribution in [3.05, 3.63) is 182 Å². The van der Waals surface area contributed by atoms with Gasteiger partial charge in [-0.05, 0) is 54.1 Å². The van der Waals surface area contributed by atoms with Gasteiger partial charge in [0.25, 0.3) is 0 Å². The average molecular weight is 731 g/mol. The van der Waals surface area contributed by atoms with Crippen LogP contribution in [0.5, 0.6) is 0 Å². The lowest BCUT2D eigenvalue weighted by molar-refractivity contribution is 0.669. The molecule has 0 fully saturated rings. The molecule has 0 bridgehead atoms. The van der Waals surface area contributed by atoms with E-state index in [1.165, 1.54) is 0 Å². The van der Waals surface area contributed by atoms with Gasteiger partial charge in [0, 0.05) is 60.3 Å². The predicted molar refractivity (Wildman–Crippen MR) is 230 cm³/mol. The largest absolute Gasteiger partial charge is 0.456 e. The summed E-state index contributed by atoms with van der Waals surface area (Å²) in [6, 6.07) is 62.7. The molecule has 6 heteroatoms. The third-order valence-corrected chi connectivity index (χ3v) is 11.1. The zero-order valence-electron chi connectivity index (χ0n) is 30.4. The van der Waals surface area contributed by atoms with Crippen LogP contribution in [0.2, 0.25) is 0 Å². The molecule has 0 aliphatic heterocycles. The first kappa shape index (κ1) is 31.5. The molecular formula is C51H30N4O2. The zero-order valence-corrected chi connectivity index (χ0v) is 30.4. The smallest absolute Gasteiger partial charge is 0.166 e. The Bertz CT molecular complexity index is 3530. The first-order valence-corrected chi connectivity index (χ1v) is 19.0. The van der Waals surface area contributed by atoms with Gasteiger partial charge in [0.05, 0.1) is 11.0 Å². The molecule has 4 heterocycles. The van der Waals surface area contributed by atoms with Crippen LogP contribution in [-0.4, -0.2) is 19.5 Å². The second-order valence-corrected chi connectivity index (χ2v) is 14.4. The molecule has 0 saturated heterocycles. The molecule has 266 valence electrons. The molecule has 0 aliphatic rings. The zero-order chi connectivity index (χ0) is 37.5. The Morgan fingerprint density at radius 1 is 0.351 bits per heavy atom. The van der Waals surface area contributed by atoms with Crippen LogP contribution < -0.4 is 0 Å². The summed E-state index contributed by atoms with van der Waals surface area (Å²) in [5.41, 5.74) is 11.3. The first-order chi connectivity index (χ1) is 28.2. The quantitative estimate of drug-likeness (QED) is 0.176. The molecule has 0 atom stereocenters. The number of furan rings is 2. The van der Waals surface area contributed by atoms with Crippen molar-refractivity contribution in [1.29, 1.82) is 0 Å². The molecular weight excluding hydrogens is 701 g/mol. The minimum Gasteiger partial charge on any atom is -0.456 e. The Kier molecular flexibility index (Phi) is 6.83. The van der Waals surface area contributed by atoms with Gasteiger partial charge in [-0.2, -0.15) is 0 Å². The molecule has 0 aliphatic carbocycles. The molecule has 12 rings (SSSR count). The Balaban J connectivity index is 1.10. The number of para-hydroxylation sites is 4. The van der Waals surface area contributed by atoms with Crippen molar-refractivity contribution in [3.8, 4) is 51.0 Å². The minimum absolute atomic E-state index is 0.571. The van der Waals surface area contributed by atoms with E-state index in [4.69, 9.17) is 23.8 Å². The molecule has 12 aromatic rings. The van der Waals surface area contributed by atoms with E-state index in [0.717, 1.165) is 99.2 Å². The van der Waals surface area contributed by atoms with E-state index in [1.807, 2.05) is 60.7 Å². The number of hydrogen-bond donors (Lipinski definition) is 0. The summed E-state index contributed by atoms with van der Waals surface area (Å²) in [4.78, 5) is 15.5. The third kappa shape index (κ3) is 4.94. The third-order valence-electron chi connectivity index (χ3n) is 11.1. The highest BCUT2D eigenvalue weighted by molar-refractivity contribution is 6.15. The molecule has 0 amide bonds. The normalized spacial score (nSPS) is 11.9. The number of nitrogens with zero attached hydrogens (tertiary/aromatic N) is 4. The monoisotopic (exact) mass is 730 g/mol. The minimum atomic E-state index is 0.571. The Hall–Kier alpha value is -7.83. The van der Waals surface area contributed by atoms with Crippen molar-refractivity contribution in [3.63, 3.8) is 0 Å². The molecule has 6 nitrogen and oxygen atoms in total. The fraction of sp³-hybridized carbons (Fsp3) is 0. The van der Waals surface area contributed by atoms with Crippen molar-refractivity contribution < 1.29 is 8.83 Å². The summed E-state index contributed by atoms with van der Waals surface area (Å²) in [5.74, 6) is 1.75. The van der Waals surface area contributed by atoms with Crippen molar-refractivity contribution in [2.24, 2.45) is 0 Å². The SMILES string of the molecule is c1ccc(-c2nc(-c3ccc4c(c3)oc3ccccc34)nc(-c3cccc4c5ccccc5n(-c5ccc6oc7c(-c8ccccc8)cccc7c6c5)c34)n2)cc1. The van der Waals surface area contributed by atoms with E-state index in [1.54, 1.807) is 0 Å². The van der Waals surface area contributed by atoms with Gasteiger partial charge in [-0.15, -0.1) is 0 Å². The summed E-state index contributed by atoms with van der Waals surface area (Å²) >= 11 is 0. The van der Waals surface area contributed by atoms with Crippen LogP contribution >= 0.6 is 0 Å². The van der Waals surface area contributed by atoms with Gasteiger partial charge in [0.1, 0.15) is 22.3 Å². The topological polar surface area (TPSA) is 69.9 Å². The van der Waals surface area contributed by atoms with Gasteiger partial charge in [0.2, 0.25) is 0 Å². The van der Waals surface area contributed by atoms with Crippen LogP contribution in [0.1, 0.15) is 0 Å². The van der Waals surface area contributed by atoms with Crippen molar-refractivity contribution in [2.75, 3.05) is 0 Å². The molecule has 0 N–H and O–H groups in total. The molecule has 0 saturated carbocycles. The van der Waals surface area contributed by atoms with Crippen molar-refractivity contribution >= 4 is 65.7 Å². The van der Waals surface area contributed by atoms with Gasteiger partial charge in [-0.25, -0.2) is 15.0 Å². The number of rotatable bonds is 5. The second-order valence-electron chi connectivity index (χ2n) is 14.4. The molecule has 4 aromatic heterocycles.